The molecule has 1 fully saturated rings. The number of aromatic nitrogens is 1. The molecule has 3 heterocycles. The van der Waals surface area contributed by atoms with Crippen LogP contribution in [0, 0.1) is 0 Å². The minimum absolute atomic E-state index is 0.398. The van der Waals surface area contributed by atoms with Crippen LogP contribution in [0.1, 0.15) is 61.4 Å². The van der Waals surface area contributed by atoms with E-state index in [-0.39, 0.29) is 0 Å². The second-order valence-corrected chi connectivity index (χ2v) is 8.69. The summed E-state index contributed by atoms with van der Waals surface area (Å²) in [5.74, 6) is 0. The Morgan fingerprint density at radius 1 is 1.00 bits per heavy atom. The zero-order chi connectivity index (χ0) is 19.5. The summed E-state index contributed by atoms with van der Waals surface area (Å²) in [6.07, 6.45) is 11.8. The molecule has 152 valence electrons. The average molecular weight is 390 g/mol. The van der Waals surface area contributed by atoms with Gasteiger partial charge in [-0.25, -0.2) is 0 Å². The molecule has 5 rings (SSSR count). The van der Waals surface area contributed by atoms with E-state index in [0.717, 1.165) is 44.6 Å². The first kappa shape index (κ1) is 19.0. The molecule has 1 saturated heterocycles. The van der Waals surface area contributed by atoms with Gasteiger partial charge in [0.2, 0.25) is 0 Å². The fraction of sp³-hybridized carbons (Fsp3) is 0.520. The van der Waals surface area contributed by atoms with E-state index in [2.05, 4.69) is 41.3 Å². The number of aliphatic imine (C=N–C) groups is 1. The fourth-order valence-corrected chi connectivity index (χ4v) is 5.16. The number of hydrogen-bond donors (Lipinski definition) is 0. The minimum atomic E-state index is 0.398. The van der Waals surface area contributed by atoms with E-state index in [9.17, 15) is 0 Å². The first-order valence-electron chi connectivity index (χ1n) is 11.3. The highest BCUT2D eigenvalue weighted by Gasteiger charge is 2.29. The lowest BCUT2D eigenvalue weighted by molar-refractivity contribution is 0.00327. The molecule has 0 spiro atoms. The van der Waals surface area contributed by atoms with Crippen LogP contribution < -0.4 is 0 Å². The molecule has 0 saturated carbocycles. The third-order valence-electron chi connectivity index (χ3n) is 6.67. The molecule has 0 N–H and O–H groups in total. The van der Waals surface area contributed by atoms with Crippen molar-refractivity contribution in [3.05, 3.63) is 59.4 Å². The van der Waals surface area contributed by atoms with Gasteiger partial charge in [0, 0.05) is 38.0 Å². The second kappa shape index (κ2) is 8.76. The van der Waals surface area contributed by atoms with Gasteiger partial charge in [0.15, 0.2) is 0 Å². The van der Waals surface area contributed by atoms with Crippen LogP contribution in [0.4, 0.5) is 5.69 Å². The summed E-state index contributed by atoms with van der Waals surface area (Å²) >= 11 is 0. The molecule has 1 aromatic carbocycles. The fourth-order valence-electron chi connectivity index (χ4n) is 5.16. The van der Waals surface area contributed by atoms with Crippen molar-refractivity contribution in [3.8, 4) is 0 Å². The number of aryl methyl sites for hydroxylation is 1. The molecule has 1 aromatic heterocycles. The number of nitrogens with zero attached hydrogens (tertiary/aromatic N) is 3. The van der Waals surface area contributed by atoms with E-state index in [0.29, 0.717) is 12.1 Å². The number of ether oxygens (including phenoxy) is 1. The molecule has 0 bridgehead atoms. The zero-order valence-electron chi connectivity index (χ0n) is 17.2. The maximum Gasteiger partial charge on any atom is 0.0665 e. The van der Waals surface area contributed by atoms with Crippen molar-refractivity contribution in [2.45, 2.75) is 63.5 Å². The Kier molecular flexibility index (Phi) is 5.73. The van der Waals surface area contributed by atoms with Crippen LogP contribution in [0.5, 0.6) is 0 Å². The lowest BCUT2D eigenvalue weighted by Gasteiger charge is -2.36. The third-order valence-corrected chi connectivity index (χ3v) is 6.67. The monoisotopic (exact) mass is 389 g/mol. The predicted octanol–water partition coefficient (Wildman–Crippen LogP) is 5.05. The smallest absolute Gasteiger partial charge is 0.0665 e. The summed E-state index contributed by atoms with van der Waals surface area (Å²) in [5, 5.41) is 0. The Morgan fingerprint density at radius 3 is 2.83 bits per heavy atom. The van der Waals surface area contributed by atoms with Crippen LogP contribution in [-0.2, 0) is 17.6 Å². The van der Waals surface area contributed by atoms with Gasteiger partial charge in [-0.05, 0) is 68.2 Å². The van der Waals surface area contributed by atoms with Crippen molar-refractivity contribution in [2.75, 3.05) is 19.7 Å². The molecule has 3 aliphatic rings. The molecular formula is C25H31N3O. The van der Waals surface area contributed by atoms with Gasteiger partial charge in [0.05, 0.1) is 23.5 Å². The topological polar surface area (TPSA) is 37.7 Å². The van der Waals surface area contributed by atoms with Crippen LogP contribution >= 0.6 is 0 Å². The Morgan fingerprint density at radius 2 is 1.93 bits per heavy atom. The molecule has 1 aliphatic carbocycles. The quantitative estimate of drug-likeness (QED) is 0.694. The van der Waals surface area contributed by atoms with Crippen molar-refractivity contribution in [3.63, 3.8) is 0 Å². The van der Waals surface area contributed by atoms with E-state index in [4.69, 9.17) is 14.7 Å². The number of benzene rings is 1. The Labute approximate surface area is 174 Å². The van der Waals surface area contributed by atoms with Crippen molar-refractivity contribution in [1.82, 2.24) is 9.88 Å². The molecule has 4 nitrogen and oxygen atoms in total. The molecule has 2 aromatic rings. The maximum atomic E-state index is 6.03. The van der Waals surface area contributed by atoms with Gasteiger partial charge < -0.3 is 4.74 Å². The summed E-state index contributed by atoms with van der Waals surface area (Å²) in [7, 11) is 0. The van der Waals surface area contributed by atoms with Crippen LogP contribution in [-0.4, -0.2) is 41.4 Å². The highest BCUT2D eigenvalue weighted by atomic mass is 16.5. The van der Waals surface area contributed by atoms with Gasteiger partial charge in [-0.1, -0.05) is 24.3 Å². The lowest BCUT2D eigenvalue weighted by atomic mass is 9.90. The SMILES string of the molecule is c1ccc2c(c1)CC(CN(CCC1CCCCO1)[C@H]1CCCc3cccnc31)=N2. The number of pyridine rings is 1. The first-order chi connectivity index (χ1) is 14.4. The largest absolute Gasteiger partial charge is 0.378 e. The number of fused-ring (bicyclic) bond motifs is 2. The first-order valence-corrected chi connectivity index (χ1v) is 11.3. The van der Waals surface area contributed by atoms with Crippen molar-refractivity contribution in [1.29, 1.82) is 0 Å². The normalized spacial score (nSPS) is 23.6. The number of para-hydroxylation sites is 1. The Balaban J connectivity index is 1.35. The van der Waals surface area contributed by atoms with E-state index in [1.54, 1.807) is 0 Å². The standard InChI is InChI=1S/C25H31N3O/c1-2-11-23-20(7-1)17-21(27-23)18-28(15-13-22-10-3-4-16-29-22)24-12-5-8-19-9-6-14-26-25(19)24/h1-2,6-7,9,11,14,22,24H,3-5,8,10,12-13,15-18H2/t22?,24-/m0/s1. The molecule has 0 radical (unpaired) electrons. The molecule has 2 atom stereocenters. The second-order valence-electron chi connectivity index (χ2n) is 8.69. The molecule has 2 aliphatic heterocycles. The Bertz CT molecular complexity index is 872. The van der Waals surface area contributed by atoms with Crippen molar-refractivity contribution < 1.29 is 4.74 Å². The lowest BCUT2D eigenvalue weighted by Crippen LogP contribution is -2.38. The maximum absolute atomic E-state index is 6.03. The van der Waals surface area contributed by atoms with Gasteiger partial charge in [-0.15, -0.1) is 0 Å². The van der Waals surface area contributed by atoms with E-state index in [1.165, 1.54) is 54.6 Å². The molecule has 1 unspecified atom stereocenters. The van der Waals surface area contributed by atoms with Crippen LogP contribution in [0.3, 0.4) is 0 Å². The van der Waals surface area contributed by atoms with Gasteiger partial charge in [0.1, 0.15) is 0 Å². The van der Waals surface area contributed by atoms with E-state index in [1.807, 2.05) is 6.20 Å². The number of rotatable bonds is 6. The van der Waals surface area contributed by atoms with E-state index < -0.39 is 0 Å². The van der Waals surface area contributed by atoms with Crippen LogP contribution in [0.15, 0.2) is 47.6 Å². The molecule has 29 heavy (non-hydrogen) atoms. The van der Waals surface area contributed by atoms with Crippen LogP contribution in [0.25, 0.3) is 0 Å². The minimum Gasteiger partial charge on any atom is -0.378 e. The average Bonchev–Trinajstić information content (AvgIpc) is 3.19. The summed E-state index contributed by atoms with van der Waals surface area (Å²) in [4.78, 5) is 12.4. The van der Waals surface area contributed by atoms with Gasteiger partial charge in [-0.2, -0.15) is 0 Å². The number of hydrogen-bond acceptors (Lipinski definition) is 4. The van der Waals surface area contributed by atoms with Gasteiger partial charge >= 0.3 is 0 Å². The highest BCUT2D eigenvalue weighted by molar-refractivity contribution is 5.95. The van der Waals surface area contributed by atoms with Crippen molar-refractivity contribution in [2.24, 2.45) is 4.99 Å². The summed E-state index contributed by atoms with van der Waals surface area (Å²) < 4.78 is 6.03. The van der Waals surface area contributed by atoms with E-state index >= 15 is 0 Å². The summed E-state index contributed by atoms with van der Waals surface area (Å²) in [5.41, 5.74) is 6.53. The Hall–Kier alpha value is -2.04. The molecule has 0 amide bonds. The highest BCUT2D eigenvalue weighted by Crippen LogP contribution is 2.34. The third kappa shape index (κ3) is 4.29. The van der Waals surface area contributed by atoms with Gasteiger partial charge in [0.25, 0.3) is 0 Å². The van der Waals surface area contributed by atoms with Gasteiger partial charge in [-0.3, -0.25) is 14.9 Å². The van der Waals surface area contributed by atoms with Crippen molar-refractivity contribution >= 4 is 11.4 Å². The van der Waals surface area contributed by atoms with Crippen LogP contribution in [0.2, 0.25) is 0 Å². The predicted molar refractivity (Wildman–Crippen MR) is 117 cm³/mol. The molecular weight excluding hydrogens is 358 g/mol. The summed E-state index contributed by atoms with van der Waals surface area (Å²) in [6, 6.07) is 13.3. The summed E-state index contributed by atoms with van der Waals surface area (Å²) in [6.45, 7) is 2.92. The molecule has 4 heteroatoms. The zero-order valence-corrected chi connectivity index (χ0v) is 17.2.